The van der Waals surface area contributed by atoms with Crippen molar-refractivity contribution in [3.8, 4) is 11.5 Å². The Labute approximate surface area is 163 Å². The summed E-state index contributed by atoms with van der Waals surface area (Å²) < 4.78 is 11.4. The standard InChI is InChI=1S/C22H24N2O4/c1-3-27-18-10-9-13(11-19(18)28-4-2)20-21-15(12-17(24-20)22(25)26)14-7-5-6-8-16(14)23-21/h5-11,17,20,23-24H,3-4,12H2,1-2H3,(H,25,26)/t17-,20+/m0/s1. The van der Waals surface area contributed by atoms with E-state index in [1.54, 1.807) is 0 Å². The van der Waals surface area contributed by atoms with Crippen molar-refractivity contribution < 1.29 is 19.4 Å². The van der Waals surface area contributed by atoms with E-state index in [1.165, 1.54) is 0 Å². The van der Waals surface area contributed by atoms with Crippen molar-refractivity contribution in [2.24, 2.45) is 0 Å². The molecule has 2 atom stereocenters. The van der Waals surface area contributed by atoms with Gasteiger partial charge < -0.3 is 19.6 Å². The zero-order valence-electron chi connectivity index (χ0n) is 16.0. The maximum Gasteiger partial charge on any atom is 0.321 e. The van der Waals surface area contributed by atoms with Gasteiger partial charge in [-0.25, -0.2) is 0 Å². The first kappa shape index (κ1) is 18.4. The fraction of sp³-hybridized carbons (Fsp3) is 0.318. The van der Waals surface area contributed by atoms with Crippen LogP contribution in [0, 0.1) is 0 Å². The number of rotatable bonds is 6. The van der Waals surface area contributed by atoms with Crippen molar-refractivity contribution in [2.45, 2.75) is 32.4 Å². The van der Waals surface area contributed by atoms with Gasteiger partial charge in [-0.05, 0) is 43.2 Å². The van der Waals surface area contributed by atoms with Crippen molar-refractivity contribution in [1.29, 1.82) is 0 Å². The van der Waals surface area contributed by atoms with Crippen molar-refractivity contribution in [1.82, 2.24) is 10.3 Å². The molecule has 146 valence electrons. The first-order valence-corrected chi connectivity index (χ1v) is 9.60. The molecule has 2 heterocycles. The Morgan fingerprint density at radius 3 is 2.61 bits per heavy atom. The van der Waals surface area contributed by atoms with Gasteiger partial charge in [-0.1, -0.05) is 24.3 Å². The van der Waals surface area contributed by atoms with Gasteiger partial charge in [-0.3, -0.25) is 10.1 Å². The van der Waals surface area contributed by atoms with E-state index in [-0.39, 0.29) is 6.04 Å². The van der Waals surface area contributed by atoms with E-state index in [0.29, 0.717) is 31.1 Å². The minimum absolute atomic E-state index is 0.271. The predicted molar refractivity (Wildman–Crippen MR) is 107 cm³/mol. The molecule has 3 N–H and O–H groups in total. The summed E-state index contributed by atoms with van der Waals surface area (Å²) in [5.74, 6) is 0.506. The van der Waals surface area contributed by atoms with Crippen LogP contribution in [0.4, 0.5) is 0 Å². The van der Waals surface area contributed by atoms with Gasteiger partial charge in [-0.2, -0.15) is 0 Å². The monoisotopic (exact) mass is 380 g/mol. The molecule has 6 heteroatoms. The lowest BCUT2D eigenvalue weighted by Gasteiger charge is -2.30. The number of fused-ring (bicyclic) bond motifs is 3. The predicted octanol–water partition coefficient (Wildman–Crippen LogP) is 3.65. The highest BCUT2D eigenvalue weighted by Crippen LogP contribution is 2.38. The second-order valence-electron chi connectivity index (χ2n) is 6.83. The summed E-state index contributed by atoms with van der Waals surface area (Å²) in [4.78, 5) is 15.3. The molecule has 1 aliphatic heterocycles. The van der Waals surface area contributed by atoms with E-state index in [2.05, 4.69) is 10.3 Å². The largest absolute Gasteiger partial charge is 0.490 e. The third-order valence-electron chi connectivity index (χ3n) is 5.11. The van der Waals surface area contributed by atoms with Crippen LogP contribution in [0.1, 0.15) is 36.7 Å². The average Bonchev–Trinajstić information content (AvgIpc) is 3.07. The topological polar surface area (TPSA) is 83.6 Å². The summed E-state index contributed by atoms with van der Waals surface area (Å²) in [7, 11) is 0. The van der Waals surface area contributed by atoms with Gasteiger partial charge in [-0.15, -0.1) is 0 Å². The SMILES string of the molecule is CCOc1ccc([C@H]2N[C@H](C(=O)O)Cc3c2[nH]c2ccccc32)cc1OCC. The van der Waals surface area contributed by atoms with Crippen LogP contribution in [0.5, 0.6) is 11.5 Å². The van der Waals surface area contributed by atoms with Gasteiger partial charge in [0.05, 0.1) is 19.3 Å². The van der Waals surface area contributed by atoms with Crippen LogP contribution >= 0.6 is 0 Å². The number of carbonyl (C=O) groups is 1. The normalized spacial score (nSPS) is 18.6. The molecule has 0 bridgehead atoms. The van der Waals surface area contributed by atoms with E-state index in [4.69, 9.17) is 9.47 Å². The number of hydrogen-bond acceptors (Lipinski definition) is 4. The molecule has 0 spiro atoms. The third-order valence-corrected chi connectivity index (χ3v) is 5.11. The molecule has 0 saturated carbocycles. The average molecular weight is 380 g/mol. The van der Waals surface area contributed by atoms with Crippen molar-refractivity contribution in [3.05, 3.63) is 59.3 Å². The Kier molecular flexibility index (Phi) is 4.96. The maximum absolute atomic E-state index is 11.8. The lowest BCUT2D eigenvalue weighted by Crippen LogP contribution is -2.44. The first-order chi connectivity index (χ1) is 13.6. The third kappa shape index (κ3) is 3.20. The molecule has 0 amide bonds. The number of hydrogen-bond donors (Lipinski definition) is 3. The molecule has 1 aliphatic rings. The van der Waals surface area contributed by atoms with E-state index >= 15 is 0 Å². The Bertz CT molecular complexity index is 1010. The summed E-state index contributed by atoms with van der Waals surface area (Å²) in [5, 5.41) is 14.0. The number of ether oxygens (including phenoxy) is 2. The van der Waals surface area contributed by atoms with Crippen LogP contribution in [0.2, 0.25) is 0 Å². The summed E-state index contributed by atoms with van der Waals surface area (Å²) in [6.07, 6.45) is 0.445. The Morgan fingerprint density at radius 2 is 1.86 bits per heavy atom. The molecule has 0 saturated heterocycles. The second-order valence-corrected chi connectivity index (χ2v) is 6.83. The Hall–Kier alpha value is -2.99. The highest BCUT2D eigenvalue weighted by Gasteiger charge is 2.34. The van der Waals surface area contributed by atoms with Crippen LogP contribution in [-0.4, -0.2) is 35.3 Å². The molecule has 2 aromatic carbocycles. The van der Waals surface area contributed by atoms with Crippen LogP contribution in [0.15, 0.2) is 42.5 Å². The lowest BCUT2D eigenvalue weighted by molar-refractivity contribution is -0.139. The van der Waals surface area contributed by atoms with Crippen molar-refractivity contribution in [3.63, 3.8) is 0 Å². The van der Waals surface area contributed by atoms with Crippen LogP contribution < -0.4 is 14.8 Å². The maximum atomic E-state index is 11.8. The molecule has 1 aromatic heterocycles. The zero-order chi connectivity index (χ0) is 19.7. The molecular weight excluding hydrogens is 356 g/mol. The molecule has 0 fully saturated rings. The fourth-order valence-corrected chi connectivity index (χ4v) is 3.90. The number of carboxylic acids is 1. The van der Waals surface area contributed by atoms with Gasteiger partial charge in [0.1, 0.15) is 6.04 Å². The van der Waals surface area contributed by atoms with Crippen LogP contribution in [0.25, 0.3) is 10.9 Å². The number of benzene rings is 2. The second kappa shape index (κ2) is 7.56. The number of aromatic nitrogens is 1. The van der Waals surface area contributed by atoms with E-state index in [1.807, 2.05) is 56.3 Å². The number of carboxylic acid groups (broad SMARTS) is 1. The van der Waals surface area contributed by atoms with Gasteiger partial charge >= 0.3 is 5.97 Å². The smallest absolute Gasteiger partial charge is 0.321 e. The number of aliphatic carboxylic acids is 1. The summed E-state index contributed by atoms with van der Waals surface area (Å²) in [6, 6.07) is 12.9. The summed E-state index contributed by atoms with van der Waals surface area (Å²) in [6.45, 7) is 4.93. The van der Waals surface area contributed by atoms with Gasteiger partial charge in [0.2, 0.25) is 0 Å². The quantitative estimate of drug-likeness (QED) is 0.608. The highest BCUT2D eigenvalue weighted by atomic mass is 16.5. The summed E-state index contributed by atoms with van der Waals surface area (Å²) >= 11 is 0. The molecule has 4 rings (SSSR count). The Morgan fingerprint density at radius 1 is 1.11 bits per heavy atom. The van der Waals surface area contributed by atoms with Crippen molar-refractivity contribution >= 4 is 16.9 Å². The molecule has 0 aliphatic carbocycles. The van der Waals surface area contributed by atoms with E-state index < -0.39 is 12.0 Å². The number of para-hydroxylation sites is 1. The molecule has 6 nitrogen and oxygen atoms in total. The van der Waals surface area contributed by atoms with Gasteiger partial charge in [0.25, 0.3) is 0 Å². The minimum atomic E-state index is -0.850. The minimum Gasteiger partial charge on any atom is -0.490 e. The molecule has 3 aromatic rings. The van der Waals surface area contributed by atoms with Crippen LogP contribution in [0.3, 0.4) is 0 Å². The zero-order valence-corrected chi connectivity index (χ0v) is 16.0. The molecule has 0 radical (unpaired) electrons. The number of aromatic amines is 1. The van der Waals surface area contributed by atoms with Gasteiger partial charge in [0.15, 0.2) is 11.5 Å². The fourth-order valence-electron chi connectivity index (χ4n) is 3.90. The molecule has 0 unspecified atom stereocenters. The van der Waals surface area contributed by atoms with Crippen molar-refractivity contribution in [2.75, 3.05) is 13.2 Å². The van der Waals surface area contributed by atoms with Gasteiger partial charge in [0, 0.05) is 23.0 Å². The van der Waals surface area contributed by atoms with E-state index in [9.17, 15) is 9.90 Å². The molecule has 28 heavy (non-hydrogen) atoms. The number of H-pyrrole nitrogens is 1. The highest BCUT2D eigenvalue weighted by molar-refractivity contribution is 5.87. The van der Waals surface area contributed by atoms with Crippen LogP contribution in [-0.2, 0) is 11.2 Å². The summed E-state index contributed by atoms with van der Waals surface area (Å²) in [5.41, 5.74) is 4.01. The van der Waals surface area contributed by atoms with E-state index in [0.717, 1.165) is 27.7 Å². The Balaban J connectivity index is 1.83. The molecular formula is C22H24N2O4. The number of nitrogens with one attached hydrogen (secondary N) is 2. The lowest BCUT2D eigenvalue weighted by atomic mass is 9.90. The first-order valence-electron chi connectivity index (χ1n) is 9.60.